The molecule has 0 saturated carbocycles. The molecule has 134 valence electrons. The van der Waals surface area contributed by atoms with Crippen LogP contribution in [0.2, 0.25) is 0 Å². The number of aromatic nitrogens is 2. The Morgan fingerprint density at radius 3 is 2.58 bits per heavy atom. The van der Waals surface area contributed by atoms with Crippen LogP contribution in [0.15, 0.2) is 17.2 Å². The first kappa shape index (κ1) is 18.6. The average molecular weight is 335 g/mol. The van der Waals surface area contributed by atoms with Crippen molar-refractivity contribution in [1.29, 1.82) is 0 Å². The van der Waals surface area contributed by atoms with Gasteiger partial charge in [-0.05, 0) is 6.92 Å². The zero-order valence-electron chi connectivity index (χ0n) is 15.2. The van der Waals surface area contributed by atoms with E-state index in [4.69, 9.17) is 4.52 Å². The van der Waals surface area contributed by atoms with Crippen LogP contribution in [-0.2, 0) is 10.2 Å². The molecule has 0 radical (unpaired) electrons. The van der Waals surface area contributed by atoms with Gasteiger partial charge in [-0.15, -0.1) is 6.58 Å². The molecule has 1 aromatic rings. The third-order valence-corrected chi connectivity index (χ3v) is 4.24. The Morgan fingerprint density at radius 1 is 1.38 bits per heavy atom. The van der Waals surface area contributed by atoms with Gasteiger partial charge in [-0.3, -0.25) is 14.6 Å². The molecule has 1 aliphatic rings. The number of piperazine rings is 1. The minimum absolute atomic E-state index is 0.0446. The SMILES string of the molecule is C=CCNC(=O)CN1CCN(C(C)c2nc(C(C)(C)C)no2)CC1. The number of nitrogens with one attached hydrogen (secondary N) is 1. The van der Waals surface area contributed by atoms with E-state index in [1.165, 1.54) is 0 Å². The molecule has 0 aliphatic carbocycles. The smallest absolute Gasteiger partial charge is 0.243 e. The number of nitrogens with zero attached hydrogens (tertiary/aromatic N) is 4. The number of rotatable bonds is 6. The van der Waals surface area contributed by atoms with Gasteiger partial charge in [0.2, 0.25) is 11.8 Å². The highest BCUT2D eigenvalue weighted by atomic mass is 16.5. The van der Waals surface area contributed by atoms with E-state index >= 15 is 0 Å². The lowest BCUT2D eigenvalue weighted by atomic mass is 9.96. The average Bonchev–Trinajstić information content (AvgIpc) is 3.03. The van der Waals surface area contributed by atoms with Crippen molar-refractivity contribution >= 4 is 5.91 Å². The van der Waals surface area contributed by atoms with Gasteiger partial charge < -0.3 is 9.84 Å². The van der Waals surface area contributed by atoms with E-state index in [-0.39, 0.29) is 17.4 Å². The largest absolute Gasteiger partial charge is 0.352 e. The summed E-state index contributed by atoms with van der Waals surface area (Å²) in [4.78, 5) is 20.8. The molecule has 0 aromatic carbocycles. The Morgan fingerprint density at radius 2 is 2.04 bits per heavy atom. The van der Waals surface area contributed by atoms with Gasteiger partial charge in [0.1, 0.15) is 0 Å². The molecule has 1 unspecified atom stereocenters. The van der Waals surface area contributed by atoms with Gasteiger partial charge in [0, 0.05) is 38.1 Å². The molecule has 1 aliphatic heterocycles. The van der Waals surface area contributed by atoms with Gasteiger partial charge in [-0.1, -0.05) is 32.0 Å². The van der Waals surface area contributed by atoms with E-state index in [0.29, 0.717) is 19.0 Å². The van der Waals surface area contributed by atoms with Crippen molar-refractivity contribution < 1.29 is 9.32 Å². The van der Waals surface area contributed by atoms with Crippen molar-refractivity contribution in [1.82, 2.24) is 25.3 Å². The van der Waals surface area contributed by atoms with Crippen LogP contribution >= 0.6 is 0 Å². The van der Waals surface area contributed by atoms with Crippen LogP contribution in [0.4, 0.5) is 0 Å². The highest BCUT2D eigenvalue weighted by molar-refractivity contribution is 5.78. The second kappa shape index (κ2) is 7.90. The topological polar surface area (TPSA) is 74.5 Å². The van der Waals surface area contributed by atoms with Crippen molar-refractivity contribution in [2.75, 3.05) is 39.3 Å². The first-order valence-electron chi connectivity index (χ1n) is 8.49. The highest BCUT2D eigenvalue weighted by Crippen LogP contribution is 2.24. The van der Waals surface area contributed by atoms with Gasteiger partial charge in [0.25, 0.3) is 0 Å². The van der Waals surface area contributed by atoms with E-state index in [9.17, 15) is 4.79 Å². The Labute approximate surface area is 144 Å². The van der Waals surface area contributed by atoms with Crippen LogP contribution in [0.1, 0.15) is 45.5 Å². The molecule has 1 atom stereocenters. The predicted octanol–water partition coefficient (Wildman–Crippen LogP) is 1.35. The minimum atomic E-state index is -0.112. The van der Waals surface area contributed by atoms with Crippen LogP contribution in [-0.4, -0.2) is 65.1 Å². The van der Waals surface area contributed by atoms with Crippen molar-refractivity contribution in [3.8, 4) is 0 Å². The molecule has 0 bridgehead atoms. The summed E-state index contributed by atoms with van der Waals surface area (Å²) < 4.78 is 5.45. The summed E-state index contributed by atoms with van der Waals surface area (Å²) >= 11 is 0. The fourth-order valence-corrected chi connectivity index (χ4v) is 2.62. The molecule has 2 rings (SSSR count). The summed E-state index contributed by atoms with van der Waals surface area (Å²) in [5.74, 6) is 1.45. The zero-order chi connectivity index (χ0) is 17.7. The van der Waals surface area contributed by atoms with Gasteiger partial charge in [-0.25, -0.2) is 0 Å². The lowest BCUT2D eigenvalue weighted by Crippen LogP contribution is -2.50. The molecule has 7 nitrogen and oxygen atoms in total. The second-order valence-corrected chi connectivity index (χ2v) is 7.29. The summed E-state index contributed by atoms with van der Waals surface area (Å²) in [5, 5.41) is 6.91. The fourth-order valence-electron chi connectivity index (χ4n) is 2.62. The normalized spacial score (nSPS) is 18.3. The second-order valence-electron chi connectivity index (χ2n) is 7.29. The van der Waals surface area contributed by atoms with E-state index in [1.54, 1.807) is 6.08 Å². The van der Waals surface area contributed by atoms with Crippen LogP contribution in [0, 0.1) is 0 Å². The molecule has 1 aromatic heterocycles. The summed E-state index contributed by atoms with van der Waals surface area (Å²) in [6.07, 6.45) is 1.69. The quantitative estimate of drug-likeness (QED) is 0.791. The predicted molar refractivity (Wildman–Crippen MR) is 92.6 cm³/mol. The van der Waals surface area contributed by atoms with Crippen LogP contribution in [0.25, 0.3) is 0 Å². The van der Waals surface area contributed by atoms with E-state index in [1.807, 2.05) is 0 Å². The summed E-state index contributed by atoms with van der Waals surface area (Å²) in [6, 6.07) is 0.0883. The molecule has 2 heterocycles. The zero-order valence-corrected chi connectivity index (χ0v) is 15.2. The summed E-state index contributed by atoms with van der Waals surface area (Å²) in [5.41, 5.74) is -0.112. The van der Waals surface area contributed by atoms with Gasteiger partial charge in [0.05, 0.1) is 12.6 Å². The lowest BCUT2D eigenvalue weighted by Gasteiger charge is -2.36. The molecule has 1 amide bonds. The number of hydrogen-bond donors (Lipinski definition) is 1. The third-order valence-electron chi connectivity index (χ3n) is 4.24. The van der Waals surface area contributed by atoms with E-state index in [2.05, 4.69) is 59.5 Å². The summed E-state index contributed by atoms with van der Waals surface area (Å²) in [6.45, 7) is 16.3. The standard InChI is InChI=1S/C17H29N5O2/c1-6-7-18-14(23)12-21-8-10-22(11-9-21)13(2)15-19-16(20-24-15)17(3,4)5/h6,13H,1,7-12H2,2-5H3,(H,18,23). The van der Waals surface area contributed by atoms with Crippen LogP contribution in [0.3, 0.4) is 0 Å². The Kier molecular flexibility index (Phi) is 6.12. The number of carbonyl (C=O) groups is 1. The molecule has 7 heteroatoms. The van der Waals surface area contributed by atoms with Crippen LogP contribution in [0.5, 0.6) is 0 Å². The molecular formula is C17H29N5O2. The fraction of sp³-hybridized carbons (Fsp3) is 0.706. The minimum Gasteiger partial charge on any atom is -0.352 e. The summed E-state index contributed by atoms with van der Waals surface area (Å²) in [7, 11) is 0. The number of amides is 1. The first-order valence-corrected chi connectivity index (χ1v) is 8.49. The maximum atomic E-state index is 11.8. The Balaban J connectivity index is 1.84. The van der Waals surface area contributed by atoms with Gasteiger partial charge in [-0.2, -0.15) is 4.98 Å². The highest BCUT2D eigenvalue weighted by Gasteiger charge is 2.28. The third kappa shape index (κ3) is 4.88. The van der Waals surface area contributed by atoms with Crippen molar-refractivity contribution in [3.05, 3.63) is 24.4 Å². The Hall–Kier alpha value is -1.73. The van der Waals surface area contributed by atoms with Gasteiger partial charge in [0.15, 0.2) is 5.82 Å². The van der Waals surface area contributed by atoms with Crippen molar-refractivity contribution in [3.63, 3.8) is 0 Å². The molecular weight excluding hydrogens is 306 g/mol. The van der Waals surface area contributed by atoms with Crippen molar-refractivity contribution in [2.45, 2.75) is 39.2 Å². The van der Waals surface area contributed by atoms with Gasteiger partial charge >= 0.3 is 0 Å². The number of hydrogen-bond acceptors (Lipinski definition) is 6. The van der Waals surface area contributed by atoms with Crippen molar-refractivity contribution in [2.24, 2.45) is 0 Å². The Bertz CT molecular complexity index is 556. The van der Waals surface area contributed by atoms with Crippen LogP contribution < -0.4 is 5.32 Å². The maximum absolute atomic E-state index is 11.8. The number of carbonyl (C=O) groups excluding carboxylic acids is 1. The molecule has 1 N–H and O–H groups in total. The van der Waals surface area contributed by atoms with E-state index in [0.717, 1.165) is 32.0 Å². The molecule has 1 saturated heterocycles. The van der Waals surface area contributed by atoms with E-state index < -0.39 is 0 Å². The molecule has 0 spiro atoms. The first-order chi connectivity index (χ1) is 11.3. The molecule has 24 heavy (non-hydrogen) atoms. The molecule has 1 fully saturated rings. The monoisotopic (exact) mass is 335 g/mol. The lowest BCUT2D eigenvalue weighted by molar-refractivity contribution is -0.122. The maximum Gasteiger partial charge on any atom is 0.243 e.